The minimum atomic E-state index is -4.37. The zero-order valence-electron chi connectivity index (χ0n) is 19.6. The Morgan fingerprint density at radius 3 is 2.72 bits per heavy atom. The van der Waals surface area contributed by atoms with Crippen LogP contribution in [0.1, 0.15) is 17.5 Å². The molecule has 1 aromatic heterocycles. The monoisotopic (exact) mass is 599 g/mol. The van der Waals surface area contributed by atoms with Crippen LogP contribution in [0.5, 0.6) is 0 Å². The smallest absolute Gasteiger partial charge is 0.352 e. The summed E-state index contributed by atoms with van der Waals surface area (Å²) in [5.41, 5.74) is 12.0. The van der Waals surface area contributed by atoms with Crippen molar-refractivity contribution in [2.24, 2.45) is 11.5 Å². The number of nitrogens with two attached hydrogens (primary N) is 2. The Morgan fingerprint density at radius 1 is 1.31 bits per heavy atom. The van der Waals surface area contributed by atoms with E-state index in [0.717, 1.165) is 16.7 Å². The van der Waals surface area contributed by atoms with E-state index in [0.29, 0.717) is 16.8 Å². The number of carbonyl (C=O) groups excluding carboxylic acids is 3. The summed E-state index contributed by atoms with van der Waals surface area (Å²) in [5.74, 6) is -3.62. The zero-order valence-corrected chi connectivity index (χ0v) is 22.1. The van der Waals surface area contributed by atoms with Crippen molar-refractivity contribution in [2.75, 3.05) is 16.8 Å². The lowest BCUT2D eigenvalue weighted by molar-refractivity contribution is -0.150. The lowest BCUT2D eigenvalue weighted by Gasteiger charge is -2.49. The maximum absolute atomic E-state index is 12.9. The topological polar surface area (TPSA) is 261 Å². The van der Waals surface area contributed by atoms with Crippen LogP contribution in [0.3, 0.4) is 0 Å². The summed E-state index contributed by atoms with van der Waals surface area (Å²) in [6.07, 6.45) is 0. The average molecular weight is 600 g/mol. The first-order chi connectivity index (χ1) is 18.3. The van der Waals surface area contributed by atoms with Crippen LogP contribution < -0.4 is 22.1 Å². The largest absolute Gasteiger partial charge is 0.477 e. The second kappa shape index (κ2) is 11.2. The van der Waals surface area contributed by atoms with E-state index in [2.05, 4.69) is 20.8 Å². The van der Waals surface area contributed by atoms with Crippen LogP contribution >= 0.6 is 23.5 Å². The number of amides is 4. The molecule has 2 aliphatic rings. The number of urea groups is 1. The van der Waals surface area contributed by atoms with Gasteiger partial charge in [0.05, 0.1) is 0 Å². The molecule has 0 saturated carbocycles. The lowest BCUT2D eigenvalue weighted by Crippen LogP contribution is -2.71. The molecule has 2 aromatic rings. The molecule has 0 aliphatic carbocycles. The number of fused-ring (bicyclic) bond motifs is 1. The molecule has 1 saturated heterocycles. The normalized spacial score (nSPS) is 19.6. The first-order valence-corrected chi connectivity index (χ1v) is 14.5. The van der Waals surface area contributed by atoms with Gasteiger partial charge in [0.1, 0.15) is 23.2 Å². The Bertz CT molecular complexity index is 1480. The molecule has 8 N–H and O–H groups in total. The van der Waals surface area contributed by atoms with Crippen molar-refractivity contribution >= 4 is 63.1 Å². The predicted octanol–water partition coefficient (Wildman–Crippen LogP) is -0.521. The van der Waals surface area contributed by atoms with Crippen LogP contribution in [-0.2, 0) is 30.3 Å². The Morgan fingerprint density at radius 2 is 2.05 bits per heavy atom. The third-order valence-electron chi connectivity index (χ3n) is 5.47. The molecule has 3 atom stereocenters. The third kappa shape index (κ3) is 6.50. The van der Waals surface area contributed by atoms with Crippen molar-refractivity contribution in [1.82, 2.24) is 20.4 Å². The number of hydrogen-bond acceptors (Lipinski definition) is 12. The number of rotatable bonds is 10. The van der Waals surface area contributed by atoms with E-state index in [9.17, 15) is 32.7 Å². The average Bonchev–Trinajstić information content (AvgIpc) is 3.29. The number of anilines is 1. The Labute approximate surface area is 228 Å². The van der Waals surface area contributed by atoms with Crippen molar-refractivity contribution < 1.29 is 41.7 Å². The molecule has 4 amide bonds. The maximum Gasteiger partial charge on any atom is 0.352 e. The summed E-state index contributed by atoms with van der Waals surface area (Å²) in [5, 5.41) is 21.2. The van der Waals surface area contributed by atoms with E-state index in [-0.39, 0.29) is 28.3 Å². The first kappa shape index (κ1) is 28.4. The second-order valence-electron chi connectivity index (χ2n) is 8.22. The van der Waals surface area contributed by atoms with E-state index >= 15 is 0 Å². The number of aliphatic carboxylic acids is 1. The van der Waals surface area contributed by atoms with Gasteiger partial charge in [-0.1, -0.05) is 23.9 Å². The van der Waals surface area contributed by atoms with Crippen LogP contribution in [0, 0.1) is 0 Å². The fourth-order valence-electron chi connectivity index (χ4n) is 3.80. The van der Waals surface area contributed by atoms with Crippen LogP contribution in [0.4, 0.5) is 10.5 Å². The summed E-state index contributed by atoms with van der Waals surface area (Å²) in [7, 11) is -4.37. The number of nitrogens with one attached hydrogen (secondary N) is 2. The summed E-state index contributed by atoms with van der Waals surface area (Å²) in [4.78, 5) is 49.9. The van der Waals surface area contributed by atoms with Crippen LogP contribution in [-0.4, -0.2) is 79.9 Å². The molecule has 19 heteroatoms. The van der Waals surface area contributed by atoms with Crippen molar-refractivity contribution in [2.45, 2.75) is 28.4 Å². The summed E-state index contributed by atoms with van der Waals surface area (Å²) in [6.45, 7) is 0. The van der Waals surface area contributed by atoms with Gasteiger partial charge in [0.25, 0.3) is 21.2 Å². The predicted molar refractivity (Wildman–Crippen MR) is 137 cm³/mol. The van der Waals surface area contributed by atoms with E-state index in [1.165, 1.54) is 17.8 Å². The van der Waals surface area contributed by atoms with Gasteiger partial charge < -0.3 is 31.6 Å². The Kier molecular flexibility index (Phi) is 8.16. The van der Waals surface area contributed by atoms with Gasteiger partial charge >= 0.3 is 12.0 Å². The molecule has 0 radical (unpaired) electrons. The van der Waals surface area contributed by atoms with Gasteiger partial charge in [0.15, 0.2) is 5.75 Å². The van der Waals surface area contributed by atoms with Gasteiger partial charge in [0.2, 0.25) is 11.8 Å². The minimum Gasteiger partial charge on any atom is -0.477 e. The quantitative estimate of drug-likeness (QED) is 0.114. The highest BCUT2D eigenvalue weighted by molar-refractivity contribution is 8.01. The minimum absolute atomic E-state index is 0.0379. The van der Waals surface area contributed by atoms with Crippen LogP contribution in [0.25, 0.3) is 0 Å². The molecule has 2 aliphatic heterocycles. The number of aromatic nitrogens is 2. The molecule has 1 fully saturated rings. The summed E-state index contributed by atoms with van der Waals surface area (Å²) in [6, 6.07) is 3.15. The van der Waals surface area contributed by atoms with Crippen molar-refractivity contribution in [3.8, 4) is 0 Å². The number of carboxylic acid groups (broad SMARTS) is 1. The van der Waals surface area contributed by atoms with Gasteiger partial charge in [0, 0.05) is 17.2 Å². The fourth-order valence-corrected chi connectivity index (χ4v) is 6.49. The van der Waals surface area contributed by atoms with Crippen molar-refractivity contribution in [3.05, 3.63) is 47.0 Å². The summed E-state index contributed by atoms with van der Waals surface area (Å²) >= 11 is 2.17. The van der Waals surface area contributed by atoms with Gasteiger partial charge in [-0.3, -0.25) is 19.0 Å². The van der Waals surface area contributed by atoms with Gasteiger partial charge in [-0.25, -0.2) is 9.59 Å². The van der Waals surface area contributed by atoms with Gasteiger partial charge in [-0.15, -0.1) is 22.0 Å². The zero-order chi connectivity index (χ0) is 28.5. The number of β-lactam (4-membered cyclic amide) rings is 1. The number of hydrogen-bond donors (Lipinski definition) is 6. The van der Waals surface area contributed by atoms with Gasteiger partial charge in [-0.2, -0.15) is 8.42 Å². The molecule has 1 aromatic carbocycles. The SMILES string of the molecule is NC(=O)Nc1cccc(C(N)C(=O)NC2C(=O)N3C(C(=O)O)=C(CSc4nnc(CS(=O)(=O)O)o4)CS[C@H]23)c1. The third-order valence-corrected chi connectivity index (χ3v) is 8.32. The Hall–Kier alpha value is -3.65. The molecular weight excluding hydrogens is 578 g/mol. The number of benzene rings is 1. The number of carboxylic acids is 1. The molecule has 0 spiro atoms. The molecule has 16 nitrogen and oxygen atoms in total. The fraction of sp³-hybridized carbons (Fsp3) is 0.300. The molecule has 39 heavy (non-hydrogen) atoms. The number of thioether (sulfide) groups is 2. The molecule has 208 valence electrons. The Balaban J connectivity index is 1.42. The van der Waals surface area contributed by atoms with Crippen LogP contribution in [0.15, 0.2) is 45.2 Å². The van der Waals surface area contributed by atoms with E-state index in [4.69, 9.17) is 20.4 Å². The lowest BCUT2D eigenvalue weighted by atomic mass is 10.0. The van der Waals surface area contributed by atoms with Crippen molar-refractivity contribution in [3.63, 3.8) is 0 Å². The molecule has 2 unspecified atom stereocenters. The molecule has 0 bridgehead atoms. The van der Waals surface area contributed by atoms with Crippen LogP contribution in [0.2, 0.25) is 0 Å². The van der Waals surface area contributed by atoms with Crippen molar-refractivity contribution in [1.29, 1.82) is 0 Å². The maximum atomic E-state index is 12.9. The summed E-state index contributed by atoms with van der Waals surface area (Å²) < 4.78 is 35.9. The van der Waals surface area contributed by atoms with E-state index < -0.39 is 57.1 Å². The highest BCUT2D eigenvalue weighted by atomic mass is 32.2. The molecule has 4 rings (SSSR count). The standard InChI is InChI=1S/C20H21N7O9S3/c21-12(8-2-1-3-10(4-8)23-19(22)32)15(28)24-13-16(29)27-14(18(30)31)9(5-37-17(13)27)6-38-20-26-25-11(36-20)7-39(33,34)35/h1-4,12-13,17H,5-7,21H2,(H,24,28)(H,30,31)(H3,22,23,32)(H,33,34,35)/t12?,13?,17-/m1/s1. The highest BCUT2D eigenvalue weighted by Gasteiger charge is 2.54. The second-order valence-corrected chi connectivity index (χ2v) is 11.7. The van der Waals surface area contributed by atoms with E-state index in [1.807, 2.05) is 0 Å². The van der Waals surface area contributed by atoms with Gasteiger partial charge in [-0.05, 0) is 23.3 Å². The first-order valence-electron chi connectivity index (χ1n) is 10.9. The van der Waals surface area contributed by atoms with E-state index in [1.54, 1.807) is 18.2 Å². The number of nitrogens with zero attached hydrogens (tertiary/aromatic N) is 3. The molecule has 3 heterocycles. The number of carbonyl (C=O) groups is 4. The highest BCUT2D eigenvalue weighted by Crippen LogP contribution is 2.41. The molecular formula is C20H21N7O9S3. The number of primary amides is 1.